The van der Waals surface area contributed by atoms with Crippen LogP contribution in [0.5, 0.6) is 5.75 Å². The van der Waals surface area contributed by atoms with Gasteiger partial charge in [-0.05, 0) is 19.4 Å². The fourth-order valence-corrected chi connectivity index (χ4v) is 2.82. The van der Waals surface area contributed by atoms with Crippen LogP contribution in [-0.4, -0.2) is 36.6 Å². The summed E-state index contributed by atoms with van der Waals surface area (Å²) in [5.41, 5.74) is -2.73. The van der Waals surface area contributed by atoms with Gasteiger partial charge >= 0.3 is 12.1 Å². The maximum absolute atomic E-state index is 13.9. The molecule has 4 nitrogen and oxygen atoms in total. The summed E-state index contributed by atoms with van der Waals surface area (Å²) in [5, 5.41) is 9.26. The summed E-state index contributed by atoms with van der Waals surface area (Å²) in [6.45, 7) is 0.0859. The molecule has 0 amide bonds. The molecule has 0 spiro atoms. The molecule has 24 heavy (non-hydrogen) atoms. The molecular weight excluding hydrogens is 339 g/mol. The van der Waals surface area contributed by atoms with Crippen molar-refractivity contribution in [2.45, 2.75) is 31.0 Å². The Hall–Kier alpha value is -1.90. The number of benzene rings is 1. The zero-order valence-corrected chi connectivity index (χ0v) is 12.8. The predicted octanol–water partition coefficient (Wildman–Crippen LogP) is 3.50. The first-order chi connectivity index (χ1) is 11.0. The molecule has 2 rings (SSSR count). The molecule has 1 N–H and O–H groups in total. The average molecular weight is 354 g/mol. The first kappa shape index (κ1) is 18.4. The number of rotatable bonds is 3. The first-order valence-corrected chi connectivity index (χ1v) is 6.97. The number of methoxy groups -OCH3 is 1. The van der Waals surface area contributed by atoms with Crippen LogP contribution in [0.15, 0.2) is 12.1 Å². The van der Waals surface area contributed by atoms with Gasteiger partial charge in [-0.15, -0.1) is 0 Å². The van der Waals surface area contributed by atoms with Crippen LogP contribution in [0.1, 0.15) is 24.8 Å². The molecule has 1 aromatic carbocycles. The summed E-state index contributed by atoms with van der Waals surface area (Å²) in [6, 6.07) is 1.77. The third kappa shape index (κ3) is 3.04. The van der Waals surface area contributed by atoms with E-state index in [2.05, 4.69) is 0 Å². The van der Waals surface area contributed by atoms with Gasteiger partial charge in [0.25, 0.3) is 0 Å². The molecule has 1 saturated heterocycles. The van der Waals surface area contributed by atoms with Crippen LogP contribution in [0.25, 0.3) is 0 Å². The minimum atomic E-state index is -4.75. The summed E-state index contributed by atoms with van der Waals surface area (Å²) >= 11 is 0. The second-order valence-electron chi connectivity index (χ2n) is 5.78. The van der Waals surface area contributed by atoms with E-state index in [0.29, 0.717) is 0 Å². The van der Waals surface area contributed by atoms with Crippen LogP contribution in [0.2, 0.25) is 0 Å². The Balaban J connectivity index is 2.54. The highest BCUT2D eigenvalue weighted by Gasteiger charge is 2.57. The highest BCUT2D eigenvalue weighted by Crippen LogP contribution is 2.49. The zero-order chi connectivity index (χ0) is 18.3. The van der Waals surface area contributed by atoms with Gasteiger partial charge in [-0.2, -0.15) is 17.6 Å². The van der Waals surface area contributed by atoms with E-state index in [-0.39, 0.29) is 5.56 Å². The van der Waals surface area contributed by atoms with E-state index in [4.69, 9.17) is 9.47 Å². The summed E-state index contributed by atoms with van der Waals surface area (Å²) in [5.74, 6) is -7.21. The predicted molar refractivity (Wildman–Crippen MR) is 71.8 cm³/mol. The molecule has 1 fully saturated rings. The lowest BCUT2D eigenvalue weighted by atomic mass is 9.75. The topological polar surface area (TPSA) is 55.8 Å². The van der Waals surface area contributed by atoms with Crippen molar-refractivity contribution in [3.8, 4) is 5.75 Å². The van der Waals surface area contributed by atoms with Gasteiger partial charge in [0.2, 0.25) is 5.82 Å². The van der Waals surface area contributed by atoms with E-state index in [1.165, 1.54) is 0 Å². The van der Waals surface area contributed by atoms with Crippen molar-refractivity contribution in [1.29, 1.82) is 0 Å². The minimum Gasteiger partial charge on any atom is -0.493 e. The molecule has 9 heteroatoms. The Morgan fingerprint density at radius 2 is 2.00 bits per heavy atom. The van der Waals surface area contributed by atoms with Crippen molar-refractivity contribution in [1.82, 2.24) is 0 Å². The van der Waals surface area contributed by atoms with Crippen molar-refractivity contribution in [2.75, 3.05) is 13.7 Å². The lowest BCUT2D eigenvalue weighted by Crippen LogP contribution is -2.52. The molecule has 0 aliphatic carbocycles. The fraction of sp³-hybridized carbons (Fsp3) is 0.533. The summed E-state index contributed by atoms with van der Waals surface area (Å²) in [7, 11) is 1.03. The number of hydrogen-bond donors (Lipinski definition) is 1. The van der Waals surface area contributed by atoms with Gasteiger partial charge in [0.05, 0.1) is 19.6 Å². The monoisotopic (exact) mass is 354 g/mol. The van der Waals surface area contributed by atoms with Crippen molar-refractivity contribution in [2.24, 2.45) is 5.92 Å². The molecule has 0 bridgehead atoms. The van der Waals surface area contributed by atoms with Gasteiger partial charge in [0.1, 0.15) is 0 Å². The third-order valence-electron chi connectivity index (χ3n) is 4.28. The average Bonchev–Trinajstić information content (AvgIpc) is 2.48. The van der Waals surface area contributed by atoms with Crippen molar-refractivity contribution in [3.63, 3.8) is 0 Å². The molecule has 1 heterocycles. The zero-order valence-electron chi connectivity index (χ0n) is 12.8. The number of alkyl halides is 3. The highest BCUT2D eigenvalue weighted by molar-refractivity contribution is 5.72. The number of ether oxygens (including phenoxy) is 2. The number of carboxylic acid groups (broad SMARTS) is 1. The molecule has 1 aromatic rings. The van der Waals surface area contributed by atoms with Crippen LogP contribution in [0.4, 0.5) is 22.0 Å². The van der Waals surface area contributed by atoms with Gasteiger partial charge in [-0.25, -0.2) is 4.39 Å². The van der Waals surface area contributed by atoms with Crippen molar-refractivity contribution < 1.29 is 41.3 Å². The standard InChI is InChI=1S/C15H15F5O4/c1-14(15(18,19)20)5-8(9(6-24-14)13(21)22)7-3-4-10(16)11(17)12(7)23-2/h3-4,8-9H,5-6H2,1-2H3,(H,21,22)/t8-,9+,14+/m0/s1. The van der Waals surface area contributed by atoms with E-state index in [0.717, 1.165) is 26.2 Å². The molecule has 1 aliphatic rings. The van der Waals surface area contributed by atoms with Gasteiger partial charge in [0, 0.05) is 11.5 Å². The Bertz CT molecular complexity index is 645. The second kappa shape index (κ2) is 6.19. The maximum atomic E-state index is 13.9. The molecular formula is C15H15F5O4. The molecule has 0 unspecified atom stereocenters. The summed E-state index contributed by atoms with van der Waals surface area (Å²) in [6.07, 6.45) is -5.50. The van der Waals surface area contributed by atoms with E-state index < -0.39 is 60.0 Å². The lowest BCUT2D eigenvalue weighted by molar-refractivity contribution is -0.290. The summed E-state index contributed by atoms with van der Waals surface area (Å²) in [4.78, 5) is 11.4. The van der Waals surface area contributed by atoms with Gasteiger partial charge in [-0.1, -0.05) is 6.07 Å². The van der Waals surface area contributed by atoms with E-state index in [1.54, 1.807) is 0 Å². The number of carbonyl (C=O) groups is 1. The van der Waals surface area contributed by atoms with Crippen LogP contribution in [0, 0.1) is 17.6 Å². The lowest BCUT2D eigenvalue weighted by Gasteiger charge is -2.42. The van der Waals surface area contributed by atoms with Crippen molar-refractivity contribution >= 4 is 5.97 Å². The van der Waals surface area contributed by atoms with Gasteiger partial charge < -0.3 is 14.6 Å². The molecule has 134 valence electrons. The number of hydrogen-bond acceptors (Lipinski definition) is 3. The highest BCUT2D eigenvalue weighted by atomic mass is 19.4. The van der Waals surface area contributed by atoms with Crippen molar-refractivity contribution in [3.05, 3.63) is 29.3 Å². The quantitative estimate of drug-likeness (QED) is 0.845. The van der Waals surface area contributed by atoms with Crippen LogP contribution < -0.4 is 4.74 Å². The van der Waals surface area contributed by atoms with E-state index >= 15 is 0 Å². The number of halogens is 5. The maximum Gasteiger partial charge on any atom is 0.417 e. The Morgan fingerprint density at radius 3 is 2.50 bits per heavy atom. The second-order valence-corrected chi connectivity index (χ2v) is 5.78. The number of carboxylic acids is 1. The molecule has 1 aliphatic heterocycles. The SMILES string of the molecule is COc1c([C@@H]2C[C@](C)(C(F)(F)F)OC[C@H]2C(=O)O)ccc(F)c1F. The normalized spacial score (nSPS) is 27.8. The smallest absolute Gasteiger partial charge is 0.417 e. The summed E-state index contributed by atoms with van der Waals surface area (Å²) < 4.78 is 76.4. The Labute approximate surface area is 134 Å². The molecule has 0 aromatic heterocycles. The minimum absolute atomic E-state index is 0.137. The molecule has 3 atom stereocenters. The molecule has 0 radical (unpaired) electrons. The third-order valence-corrected chi connectivity index (χ3v) is 4.28. The Kier molecular flexibility index (Phi) is 4.76. The van der Waals surface area contributed by atoms with Gasteiger partial charge in [-0.3, -0.25) is 4.79 Å². The van der Waals surface area contributed by atoms with Crippen LogP contribution in [0.3, 0.4) is 0 Å². The number of aliphatic carboxylic acids is 1. The van der Waals surface area contributed by atoms with E-state index in [9.17, 15) is 31.9 Å². The van der Waals surface area contributed by atoms with Crippen LogP contribution in [-0.2, 0) is 9.53 Å². The largest absolute Gasteiger partial charge is 0.493 e. The van der Waals surface area contributed by atoms with Crippen LogP contribution >= 0.6 is 0 Å². The first-order valence-electron chi connectivity index (χ1n) is 6.97. The Morgan fingerprint density at radius 1 is 1.38 bits per heavy atom. The van der Waals surface area contributed by atoms with E-state index in [1.807, 2.05) is 0 Å². The molecule has 0 saturated carbocycles. The van der Waals surface area contributed by atoms with Gasteiger partial charge in [0.15, 0.2) is 17.2 Å². The fourth-order valence-electron chi connectivity index (χ4n) is 2.82.